The zero-order chi connectivity index (χ0) is 7.56. The second-order valence-electron chi connectivity index (χ2n) is 1.98. The van der Waals surface area contributed by atoms with Crippen molar-refractivity contribution in [3.63, 3.8) is 0 Å². The zero-order valence-corrected chi connectivity index (χ0v) is 5.79. The van der Waals surface area contributed by atoms with E-state index in [-0.39, 0.29) is 0 Å². The highest BCUT2D eigenvalue weighted by atomic mass is 16.5. The molecule has 1 heterocycles. The minimum Gasteiger partial charge on any atom is -0.354 e. The van der Waals surface area contributed by atoms with Crippen molar-refractivity contribution in [3.8, 4) is 0 Å². The lowest BCUT2D eigenvalue weighted by molar-refractivity contribution is 0.410. The summed E-state index contributed by atoms with van der Waals surface area (Å²) in [6.07, 6.45) is 1.51. The second-order valence-corrected chi connectivity index (χ2v) is 1.98. The van der Waals surface area contributed by atoms with Gasteiger partial charge in [-0.2, -0.15) is 0 Å². The van der Waals surface area contributed by atoms with Crippen LogP contribution >= 0.6 is 0 Å². The quantitative estimate of drug-likeness (QED) is 0.583. The highest BCUT2D eigenvalue weighted by molar-refractivity contribution is 5.67. The molecular weight excluding hydrogens is 128 g/mol. The van der Waals surface area contributed by atoms with Crippen LogP contribution in [-0.4, -0.2) is 11.9 Å². The van der Waals surface area contributed by atoms with Gasteiger partial charge in [-0.25, -0.2) is 0 Å². The molecule has 0 amide bonds. The van der Waals surface area contributed by atoms with Gasteiger partial charge in [-0.05, 0) is 19.2 Å². The lowest BCUT2D eigenvalue weighted by atomic mass is 10.2. The molecule has 0 unspecified atom stereocenters. The van der Waals surface area contributed by atoms with Gasteiger partial charge in [0.05, 0.1) is 6.20 Å². The van der Waals surface area contributed by atoms with Crippen molar-refractivity contribution < 1.29 is 4.52 Å². The molecule has 0 atom stereocenters. The molecule has 0 N–H and O–H groups in total. The minimum absolute atomic E-state index is 0.606. The van der Waals surface area contributed by atoms with Crippen molar-refractivity contribution in [2.75, 3.05) is 0 Å². The lowest BCUT2D eigenvalue weighted by Crippen LogP contribution is -1.70. The number of aromatic nitrogens is 1. The monoisotopic (exact) mass is 136 g/mol. The predicted octanol–water partition coefficient (Wildman–Crippen LogP) is 2.04. The number of nitrogens with zero attached hydrogens (tertiary/aromatic N) is 2. The summed E-state index contributed by atoms with van der Waals surface area (Å²) in [4.78, 5) is 3.68. The minimum atomic E-state index is 0.606. The van der Waals surface area contributed by atoms with E-state index in [0.717, 1.165) is 5.57 Å². The van der Waals surface area contributed by atoms with E-state index in [1.807, 2.05) is 6.92 Å². The molecule has 0 spiro atoms. The maximum absolute atomic E-state index is 4.83. The molecule has 0 radical (unpaired) electrons. The molecule has 0 saturated heterocycles. The van der Waals surface area contributed by atoms with Gasteiger partial charge in [0.1, 0.15) is 5.69 Å². The summed E-state index contributed by atoms with van der Waals surface area (Å²) in [5, 5.41) is 3.54. The van der Waals surface area contributed by atoms with Crippen LogP contribution in [0.1, 0.15) is 12.7 Å². The average Bonchev–Trinajstić information content (AvgIpc) is 2.33. The van der Waals surface area contributed by atoms with E-state index in [9.17, 15) is 0 Å². The van der Waals surface area contributed by atoms with Gasteiger partial charge in [-0.3, -0.25) is 4.99 Å². The Kier molecular flexibility index (Phi) is 1.67. The largest absolute Gasteiger partial charge is 0.354 e. The Morgan fingerprint density at radius 3 is 2.90 bits per heavy atom. The molecule has 0 bridgehead atoms. The van der Waals surface area contributed by atoms with Crippen molar-refractivity contribution in [2.24, 2.45) is 4.99 Å². The number of hydrogen-bond acceptors (Lipinski definition) is 3. The first-order chi connectivity index (χ1) is 4.75. The Bertz CT molecular complexity index is 262. The molecule has 3 nitrogen and oxygen atoms in total. The van der Waals surface area contributed by atoms with Gasteiger partial charge in [0.25, 0.3) is 0 Å². The Hall–Kier alpha value is -1.38. The van der Waals surface area contributed by atoms with Gasteiger partial charge in [0, 0.05) is 0 Å². The number of aliphatic imine (C=N–C) groups is 1. The molecule has 1 rings (SSSR count). The molecule has 0 fully saturated rings. The summed E-state index contributed by atoms with van der Waals surface area (Å²) >= 11 is 0. The third-order valence-electron chi connectivity index (χ3n) is 1.11. The standard InChI is InChI=1S/C7H8N2O/c1-5(2)7-6(8-3)4-9-10-7/h4H,1,3H2,2H3. The first-order valence-corrected chi connectivity index (χ1v) is 2.83. The van der Waals surface area contributed by atoms with Crippen LogP contribution in [0.25, 0.3) is 5.57 Å². The van der Waals surface area contributed by atoms with Gasteiger partial charge >= 0.3 is 0 Å². The van der Waals surface area contributed by atoms with E-state index in [0.29, 0.717) is 11.4 Å². The fraction of sp³-hybridized carbons (Fsp3) is 0.143. The molecule has 52 valence electrons. The molecule has 0 aromatic carbocycles. The van der Waals surface area contributed by atoms with E-state index < -0.39 is 0 Å². The molecule has 3 heteroatoms. The molecular formula is C7H8N2O. The van der Waals surface area contributed by atoms with Crippen LogP contribution in [0.5, 0.6) is 0 Å². The first-order valence-electron chi connectivity index (χ1n) is 2.83. The Balaban J connectivity index is 3.13. The third-order valence-corrected chi connectivity index (χ3v) is 1.11. The molecule has 0 saturated carbocycles. The maximum Gasteiger partial charge on any atom is 0.187 e. The summed E-state index contributed by atoms with van der Waals surface area (Å²) in [7, 11) is 0. The van der Waals surface area contributed by atoms with Crippen LogP contribution in [0.15, 0.2) is 22.3 Å². The number of allylic oxidation sites excluding steroid dienone is 1. The predicted molar refractivity (Wildman–Crippen MR) is 40.4 cm³/mol. The van der Waals surface area contributed by atoms with Crippen molar-refractivity contribution >= 4 is 18.0 Å². The highest BCUT2D eigenvalue weighted by Crippen LogP contribution is 2.23. The van der Waals surface area contributed by atoms with E-state index >= 15 is 0 Å². The number of hydrogen-bond donors (Lipinski definition) is 0. The summed E-state index contributed by atoms with van der Waals surface area (Å²) in [5.41, 5.74) is 1.45. The van der Waals surface area contributed by atoms with E-state index in [1.54, 1.807) is 0 Å². The van der Waals surface area contributed by atoms with Crippen LogP contribution in [0.3, 0.4) is 0 Å². The molecule has 1 aromatic rings. The average molecular weight is 136 g/mol. The van der Waals surface area contributed by atoms with Crippen molar-refractivity contribution in [3.05, 3.63) is 18.5 Å². The van der Waals surface area contributed by atoms with Gasteiger partial charge in [-0.1, -0.05) is 11.7 Å². The van der Waals surface area contributed by atoms with Crippen molar-refractivity contribution in [2.45, 2.75) is 6.92 Å². The SMILES string of the molecule is C=Nc1cnoc1C(=C)C. The van der Waals surface area contributed by atoms with Crippen molar-refractivity contribution in [1.29, 1.82) is 0 Å². The van der Waals surface area contributed by atoms with Crippen LogP contribution in [-0.2, 0) is 0 Å². The summed E-state index contributed by atoms with van der Waals surface area (Å²) < 4.78 is 4.83. The normalized spacial score (nSPS) is 9.30. The Morgan fingerprint density at radius 2 is 2.50 bits per heavy atom. The smallest absolute Gasteiger partial charge is 0.187 e. The summed E-state index contributed by atoms with van der Waals surface area (Å²) in [6.45, 7) is 8.87. The highest BCUT2D eigenvalue weighted by Gasteiger charge is 2.04. The second kappa shape index (κ2) is 2.47. The number of rotatable bonds is 2. The maximum atomic E-state index is 4.83. The van der Waals surface area contributed by atoms with Gasteiger partial charge in [0.15, 0.2) is 5.76 Å². The van der Waals surface area contributed by atoms with Gasteiger partial charge in [0.2, 0.25) is 0 Å². The topological polar surface area (TPSA) is 38.4 Å². The summed E-state index contributed by atoms with van der Waals surface area (Å²) in [5.74, 6) is 0.606. The molecule has 0 aliphatic rings. The molecule has 0 aliphatic heterocycles. The van der Waals surface area contributed by atoms with E-state index in [1.165, 1.54) is 6.20 Å². The first kappa shape index (κ1) is 6.74. The van der Waals surface area contributed by atoms with E-state index in [2.05, 4.69) is 23.4 Å². The third kappa shape index (κ3) is 0.978. The van der Waals surface area contributed by atoms with Gasteiger partial charge < -0.3 is 4.52 Å². The fourth-order valence-electron chi connectivity index (χ4n) is 0.644. The van der Waals surface area contributed by atoms with Crippen LogP contribution in [0.2, 0.25) is 0 Å². The Labute approximate surface area is 59.1 Å². The van der Waals surface area contributed by atoms with Gasteiger partial charge in [-0.15, -0.1) is 0 Å². The van der Waals surface area contributed by atoms with E-state index in [4.69, 9.17) is 4.52 Å². The van der Waals surface area contributed by atoms with Crippen molar-refractivity contribution in [1.82, 2.24) is 5.16 Å². The van der Waals surface area contributed by atoms with Crippen LogP contribution in [0.4, 0.5) is 5.69 Å². The fourth-order valence-corrected chi connectivity index (χ4v) is 0.644. The Morgan fingerprint density at radius 1 is 1.80 bits per heavy atom. The molecule has 1 aromatic heterocycles. The van der Waals surface area contributed by atoms with Crippen LogP contribution in [0, 0.1) is 0 Å². The summed E-state index contributed by atoms with van der Waals surface area (Å²) in [6, 6.07) is 0. The zero-order valence-electron chi connectivity index (χ0n) is 5.79. The molecule has 10 heavy (non-hydrogen) atoms. The van der Waals surface area contributed by atoms with Crippen LogP contribution < -0.4 is 0 Å². The lowest BCUT2D eigenvalue weighted by Gasteiger charge is -1.89. The molecule has 0 aliphatic carbocycles.